The first-order valence-electron chi connectivity index (χ1n) is 8.63. The molecule has 2 heterocycles. The number of aryl methyl sites for hydroxylation is 1. The predicted molar refractivity (Wildman–Crippen MR) is 102 cm³/mol. The molecule has 134 valence electrons. The molecule has 0 aliphatic carbocycles. The number of carbonyl (C=O) groups excluding carboxylic acids is 1. The van der Waals surface area contributed by atoms with Gasteiger partial charge in [-0.05, 0) is 19.1 Å². The van der Waals surface area contributed by atoms with Crippen molar-refractivity contribution in [2.45, 2.75) is 20.4 Å². The van der Waals surface area contributed by atoms with E-state index in [4.69, 9.17) is 10.7 Å². The molecule has 0 spiro atoms. The van der Waals surface area contributed by atoms with Crippen LogP contribution in [0.15, 0.2) is 48.7 Å². The fourth-order valence-electron chi connectivity index (χ4n) is 2.57. The van der Waals surface area contributed by atoms with Crippen LogP contribution in [0.5, 0.6) is 0 Å². The average Bonchev–Trinajstić information content (AvgIpc) is 3.11. The predicted octanol–water partition coefficient (Wildman–Crippen LogP) is 2.66. The van der Waals surface area contributed by atoms with E-state index in [0.29, 0.717) is 18.9 Å². The Hall–Kier alpha value is -2.99. The molecule has 0 saturated carbocycles. The van der Waals surface area contributed by atoms with Gasteiger partial charge in [-0.1, -0.05) is 42.8 Å². The van der Waals surface area contributed by atoms with Crippen molar-refractivity contribution in [2.24, 2.45) is 11.7 Å². The van der Waals surface area contributed by atoms with Gasteiger partial charge in [-0.3, -0.25) is 9.78 Å². The third-order valence-corrected chi connectivity index (χ3v) is 4.23. The van der Waals surface area contributed by atoms with E-state index in [1.165, 1.54) is 5.56 Å². The number of aromatic amines is 1. The maximum Gasteiger partial charge on any atom is 0.224 e. The highest BCUT2D eigenvalue weighted by Gasteiger charge is 2.16. The Morgan fingerprint density at radius 2 is 2.00 bits per heavy atom. The summed E-state index contributed by atoms with van der Waals surface area (Å²) in [5.74, 6) is 0.371. The molecule has 0 unspecified atom stereocenters. The summed E-state index contributed by atoms with van der Waals surface area (Å²) < 4.78 is 0. The minimum Gasteiger partial charge on any atom is -0.349 e. The van der Waals surface area contributed by atoms with Crippen molar-refractivity contribution in [3.05, 3.63) is 60.0 Å². The number of carbonyl (C=O) groups is 1. The number of H-pyrrole nitrogens is 1. The van der Waals surface area contributed by atoms with Crippen LogP contribution in [-0.4, -0.2) is 27.4 Å². The van der Waals surface area contributed by atoms with Crippen LogP contribution in [0.1, 0.15) is 18.3 Å². The summed E-state index contributed by atoms with van der Waals surface area (Å²) in [6.45, 7) is 4.48. The normalized spacial score (nSPS) is 12.0. The Balaban J connectivity index is 1.93. The monoisotopic (exact) mass is 349 g/mol. The SMILES string of the molecule is Cc1ccc(-c2nc(CNC(=O)[C@@H](C)CN)[nH]c2-c2ccccn2)cc1. The minimum absolute atomic E-state index is 0.0832. The largest absolute Gasteiger partial charge is 0.349 e. The number of pyridine rings is 1. The molecule has 0 fully saturated rings. The van der Waals surface area contributed by atoms with Gasteiger partial charge >= 0.3 is 0 Å². The van der Waals surface area contributed by atoms with E-state index in [2.05, 4.69) is 27.4 Å². The lowest BCUT2D eigenvalue weighted by Gasteiger charge is -2.08. The molecule has 0 saturated heterocycles. The molecule has 6 heteroatoms. The number of nitrogens with one attached hydrogen (secondary N) is 2. The van der Waals surface area contributed by atoms with Gasteiger partial charge in [0.25, 0.3) is 0 Å². The van der Waals surface area contributed by atoms with Crippen LogP contribution in [0.2, 0.25) is 0 Å². The number of hydrogen-bond acceptors (Lipinski definition) is 4. The summed E-state index contributed by atoms with van der Waals surface area (Å²) in [7, 11) is 0. The van der Waals surface area contributed by atoms with E-state index < -0.39 is 0 Å². The first-order chi connectivity index (χ1) is 12.6. The summed E-state index contributed by atoms with van der Waals surface area (Å²) >= 11 is 0. The van der Waals surface area contributed by atoms with Crippen molar-refractivity contribution in [1.82, 2.24) is 20.3 Å². The summed E-state index contributed by atoms with van der Waals surface area (Å²) in [4.78, 5) is 24.4. The molecule has 0 aliphatic rings. The molecule has 2 aromatic heterocycles. The van der Waals surface area contributed by atoms with Gasteiger partial charge in [0.05, 0.1) is 23.6 Å². The fourth-order valence-corrected chi connectivity index (χ4v) is 2.57. The van der Waals surface area contributed by atoms with Gasteiger partial charge < -0.3 is 16.0 Å². The molecule has 0 aliphatic heterocycles. The van der Waals surface area contributed by atoms with Crippen molar-refractivity contribution in [3.8, 4) is 22.6 Å². The summed E-state index contributed by atoms with van der Waals surface area (Å²) in [5, 5.41) is 2.87. The Bertz CT molecular complexity index is 871. The second kappa shape index (κ2) is 7.93. The number of aromatic nitrogens is 3. The van der Waals surface area contributed by atoms with Crippen molar-refractivity contribution >= 4 is 5.91 Å². The lowest BCUT2D eigenvalue weighted by Crippen LogP contribution is -2.33. The molecule has 0 radical (unpaired) electrons. The second-order valence-electron chi connectivity index (χ2n) is 6.34. The van der Waals surface area contributed by atoms with Gasteiger partial charge in [0, 0.05) is 24.2 Å². The summed E-state index contributed by atoms with van der Waals surface area (Å²) in [6.07, 6.45) is 1.75. The van der Waals surface area contributed by atoms with Gasteiger partial charge in [-0.2, -0.15) is 0 Å². The van der Waals surface area contributed by atoms with E-state index in [9.17, 15) is 4.79 Å². The molecule has 3 rings (SSSR count). The zero-order valence-corrected chi connectivity index (χ0v) is 15.0. The average molecular weight is 349 g/mol. The number of hydrogen-bond donors (Lipinski definition) is 3. The van der Waals surface area contributed by atoms with Gasteiger partial charge in [0.2, 0.25) is 5.91 Å². The zero-order chi connectivity index (χ0) is 18.5. The minimum atomic E-state index is -0.225. The quantitative estimate of drug-likeness (QED) is 0.637. The fraction of sp³-hybridized carbons (Fsp3) is 0.250. The van der Waals surface area contributed by atoms with E-state index >= 15 is 0 Å². The zero-order valence-electron chi connectivity index (χ0n) is 15.0. The number of rotatable bonds is 6. The van der Waals surface area contributed by atoms with Crippen LogP contribution in [0.3, 0.4) is 0 Å². The Morgan fingerprint density at radius 3 is 2.65 bits per heavy atom. The Kier molecular flexibility index (Phi) is 5.43. The first kappa shape index (κ1) is 17.8. The first-order valence-corrected chi connectivity index (χ1v) is 8.63. The third-order valence-electron chi connectivity index (χ3n) is 4.23. The molecule has 1 amide bonds. The number of benzene rings is 1. The molecule has 26 heavy (non-hydrogen) atoms. The highest BCUT2D eigenvalue weighted by atomic mass is 16.1. The summed E-state index contributed by atoms with van der Waals surface area (Å²) in [6, 6.07) is 13.9. The maximum atomic E-state index is 12.0. The topological polar surface area (TPSA) is 96.7 Å². The van der Waals surface area contributed by atoms with Crippen molar-refractivity contribution in [3.63, 3.8) is 0 Å². The second-order valence-corrected chi connectivity index (χ2v) is 6.34. The highest BCUT2D eigenvalue weighted by Crippen LogP contribution is 2.29. The molecule has 3 aromatic rings. The highest BCUT2D eigenvalue weighted by molar-refractivity contribution is 5.79. The molecular weight excluding hydrogens is 326 g/mol. The van der Waals surface area contributed by atoms with Crippen LogP contribution in [-0.2, 0) is 11.3 Å². The van der Waals surface area contributed by atoms with Crippen molar-refractivity contribution < 1.29 is 4.79 Å². The number of nitrogens with zero attached hydrogens (tertiary/aromatic N) is 2. The molecule has 1 atom stereocenters. The molecule has 0 bridgehead atoms. The lowest BCUT2D eigenvalue weighted by atomic mass is 10.1. The van der Waals surface area contributed by atoms with Crippen LogP contribution < -0.4 is 11.1 Å². The Labute approximate surface area is 152 Å². The van der Waals surface area contributed by atoms with E-state index in [0.717, 1.165) is 22.6 Å². The molecule has 1 aromatic carbocycles. The van der Waals surface area contributed by atoms with E-state index in [1.807, 2.05) is 37.3 Å². The van der Waals surface area contributed by atoms with E-state index in [1.54, 1.807) is 13.1 Å². The van der Waals surface area contributed by atoms with E-state index in [-0.39, 0.29) is 11.8 Å². The number of nitrogens with two attached hydrogens (primary N) is 1. The van der Waals surface area contributed by atoms with Crippen LogP contribution in [0.25, 0.3) is 22.6 Å². The van der Waals surface area contributed by atoms with Crippen LogP contribution in [0.4, 0.5) is 0 Å². The standard InChI is InChI=1S/C20H23N5O/c1-13-6-8-15(9-7-13)18-19(16-5-3-4-10-22-16)25-17(24-18)12-23-20(26)14(2)11-21/h3-10,14H,11-12,21H2,1-2H3,(H,23,26)(H,24,25)/t14-/m0/s1. The smallest absolute Gasteiger partial charge is 0.224 e. The van der Waals surface area contributed by atoms with Gasteiger partial charge in [0.15, 0.2) is 0 Å². The third kappa shape index (κ3) is 3.97. The number of amides is 1. The van der Waals surface area contributed by atoms with Gasteiger partial charge in [-0.15, -0.1) is 0 Å². The van der Waals surface area contributed by atoms with Crippen molar-refractivity contribution in [1.29, 1.82) is 0 Å². The van der Waals surface area contributed by atoms with Gasteiger partial charge in [-0.25, -0.2) is 4.98 Å². The summed E-state index contributed by atoms with van der Waals surface area (Å²) in [5.41, 5.74) is 10.2. The lowest BCUT2D eigenvalue weighted by molar-refractivity contribution is -0.124. The number of imidazole rings is 1. The van der Waals surface area contributed by atoms with Gasteiger partial charge in [0.1, 0.15) is 5.82 Å². The van der Waals surface area contributed by atoms with Crippen LogP contribution >= 0.6 is 0 Å². The Morgan fingerprint density at radius 1 is 1.23 bits per heavy atom. The van der Waals surface area contributed by atoms with Crippen molar-refractivity contribution in [2.75, 3.05) is 6.54 Å². The molecule has 4 N–H and O–H groups in total. The maximum absolute atomic E-state index is 12.0. The molecular formula is C20H23N5O. The van der Waals surface area contributed by atoms with Crippen LogP contribution in [0, 0.1) is 12.8 Å². The molecule has 6 nitrogen and oxygen atoms in total.